The summed E-state index contributed by atoms with van der Waals surface area (Å²) in [5, 5.41) is 2.94. The van der Waals surface area contributed by atoms with E-state index in [0.29, 0.717) is 5.88 Å². The zero-order valence-corrected chi connectivity index (χ0v) is 12.7. The van der Waals surface area contributed by atoms with Gasteiger partial charge in [0.15, 0.2) is 0 Å². The summed E-state index contributed by atoms with van der Waals surface area (Å²) in [6.45, 7) is 1.81. The highest BCUT2D eigenvalue weighted by atomic mass is 35.5. The summed E-state index contributed by atoms with van der Waals surface area (Å²) in [5.74, 6) is 0.0624. The monoisotopic (exact) mass is 305 g/mol. The Kier molecular flexibility index (Phi) is 5.50. The third-order valence-electron chi connectivity index (χ3n) is 2.79. The Labute approximate surface area is 128 Å². The zero-order chi connectivity index (χ0) is 14.4. The number of para-hydroxylation sites is 1. The van der Waals surface area contributed by atoms with Crippen molar-refractivity contribution in [3.8, 4) is 0 Å². The summed E-state index contributed by atoms with van der Waals surface area (Å²) < 4.78 is 0. The first-order valence-corrected chi connectivity index (χ1v) is 7.74. The molecule has 2 aromatic rings. The summed E-state index contributed by atoms with van der Waals surface area (Å²) >= 11 is 7.34. The van der Waals surface area contributed by atoms with E-state index in [1.807, 2.05) is 61.5 Å². The van der Waals surface area contributed by atoms with Gasteiger partial charge in [-0.2, -0.15) is 0 Å². The Morgan fingerprint density at radius 3 is 2.50 bits per heavy atom. The van der Waals surface area contributed by atoms with Crippen LogP contribution in [0.5, 0.6) is 0 Å². The minimum Gasteiger partial charge on any atom is -0.325 e. The van der Waals surface area contributed by atoms with Gasteiger partial charge in [-0.25, -0.2) is 0 Å². The highest BCUT2D eigenvalue weighted by Crippen LogP contribution is 2.33. The van der Waals surface area contributed by atoms with Crippen LogP contribution in [-0.2, 0) is 4.79 Å². The number of amides is 1. The molecule has 1 N–H and O–H groups in total. The van der Waals surface area contributed by atoms with Crippen molar-refractivity contribution in [2.24, 2.45) is 5.92 Å². The number of carbonyl (C=O) groups is 1. The fraction of sp³-hybridized carbons (Fsp3) is 0.188. The molecular formula is C16H16ClNOS. The Balaban J connectivity index is 2.16. The maximum Gasteiger partial charge on any atom is 0.228 e. The van der Waals surface area contributed by atoms with E-state index in [1.54, 1.807) is 11.8 Å². The molecule has 0 saturated heterocycles. The van der Waals surface area contributed by atoms with E-state index in [2.05, 4.69) is 5.32 Å². The van der Waals surface area contributed by atoms with Crippen LogP contribution >= 0.6 is 23.4 Å². The fourth-order valence-corrected chi connectivity index (χ4v) is 2.66. The second-order valence-electron chi connectivity index (χ2n) is 4.46. The summed E-state index contributed by atoms with van der Waals surface area (Å²) in [6, 6.07) is 17.9. The average Bonchev–Trinajstić information content (AvgIpc) is 2.49. The van der Waals surface area contributed by atoms with E-state index in [1.165, 1.54) is 0 Å². The fourth-order valence-electron chi connectivity index (χ4n) is 1.60. The largest absolute Gasteiger partial charge is 0.325 e. The predicted molar refractivity (Wildman–Crippen MR) is 85.5 cm³/mol. The lowest BCUT2D eigenvalue weighted by atomic mass is 10.2. The summed E-state index contributed by atoms with van der Waals surface area (Å²) in [6.07, 6.45) is 0. The van der Waals surface area contributed by atoms with E-state index >= 15 is 0 Å². The van der Waals surface area contributed by atoms with Gasteiger partial charge in [-0.3, -0.25) is 4.79 Å². The highest BCUT2D eigenvalue weighted by molar-refractivity contribution is 7.99. The first-order chi connectivity index (χ1) is 9.70. The molecule has 0 spiro atoms. The van der Waals surface area contributed by atoms with Crippen molar-refractivity contribution in [3.63, 3.8) is 0 Å². The standard InChI is InChI=1S/C16H16ClNOS/c1-12(11-17)16(19)18-14-9-5-6-10-15(14)20-13-7-3-2-4-8-13/h2-10,12H,11H2,1H3,(H,18,19). The first-order valence-electron chi connectivity index (χ1n) is 6.39. The van der Waals surface area contributed by atoms with Gasteiger partial charge in [0.05, 0.1) is 5.69 Å². The van der Waals surface area contributed by atoms with Crippen LogP contribution < -0.4 is 5.32 Å². The molecule has 0 bridgehead atoms. The molecule has 0 aliphatic rings. The molecule has 0 aromatic heterocycles. The molecule has 2 rings (SSSR count). The van der Waals surface area contributed by atoms with Crippen LogP contribution in [0.4, 0.5) is 5.69 Å². The molecule has 0 saturated carbocycles. The number of alkyl halides is 1. The summed E-state index contributed by atoms with van der Waals surface area (Å²) in [5.41, 5.74) is 0.823. The van der Waals surface area contributed by atoms with Gasteiger partial charge in [0.1, 0.15) is 0 Å². The Bertz CT molecular complexity index is 574. The number of hydrogen-bond acceptors (Lipinski definition) is 2. The van der Waals surface area contributed by atoms with Crippen molar-refractivity contribution in [1.82, 2.24) is 0 Å². The lowest BCUT2D eigenvalue weighted by Gasteiger charge is -2.13. The second-order valence-corrected chi connectivity index (χ2v) is 5.88. The normalized spacial score (nSPS) is 11.9. The van der Waals surface area contributed by atoms with Gasteiger partial charge < -0.3 is 5.32 Å². The molecule has 1 amide bonds. The van der Waals surface area contributed by atoms with E-state index in [-0.39, 0.29) is 11.8 Å². The topological polar surface area (TPSA) is 29.1 Å². The molecule has 0 aliphatic carbocycles. The Morgan fingerprint density at radius 1 is 1.15 bits per heavy atom. The quantitative estimate of drug-likeness (QED) is 0.815. The number of anilines is 1. The van der Waals surface area contributed by atoms with Crippen molar-refractivity contribution >= 4 is 35.0 Å². The third-order valence-corrected chi connectivity index (χ3v) is 4.34. The van der Waals surface area contributed by atoms with Crippen molar-refractivity contribution in [3.05, 3.63) is 54.6 Å². The van der Waals surface area contributed by atoms with Crippen molar-refractivity contribution in [2.75, 3.05) is 11.2 Å². The molecule has 1 unspecified atom stereocenters. The molecule has 0 fully saturated rings. The predicted octanol–water partition coefficient (Wildman–Crippen LogP) is 4.65. The molecule has 4 heteroatoms. The van der Waals surface area contributed by atoms with Crippen LogP contribution in [0.2, 0.25) is 0 Å². The van der Waals surface area contributed by atoms with Crippen LogP contribution in [0.15, 0.2) is 64.4 Å². The zero-order valence-electron chi connectivity index (χ0n) is 11.2. The molecule has 2 aromatic carbocycles. The van der Waals surface area contributed by atoms with Gasteiger partial charge in [0.2, 0.25) is 5.91 Å². The lowest BCUT2D eigenvalue weighted by Crippen LogP contribution is -2.21. The van der Waals surface area contributed by atoms with E-state index in [4.69, 9.17) is 11.6 Å². The third kappa shape index (κ3) is 4.02. The van der Waals surface area contributed by atoms with Gasteiger partial charge >= 0.3 is 0 Å². The van der Waals surface area contributed by atoms with Gasteiger partial charge in [-0.15, -0.1) is 11.6 Å². The number of hydrogen-bond donors (Lipinski definition) is 1. The maximum atomic E-state index is 11.9. The van der Waals surface area contributed by atoms with Gasteiger partial charge in [-0.05, 0) is 24.3 Å². The van der Waals surface area contributed by atoms with E-state index < -0.39 is 0 Å². The summed E-state index contributed by atoms with van der Waals surface area (Å²) in [4.78, 5) is 14.1. The molecule has 0 heterocycles. The van der Waals surface area contributed by atoms with Gasteiger partial charge in [0, 0.05) is 21.6 Å². The lowest BCUT2D eigenvalue weighted by molar-refractivity contribution is -0.118. The second kappa shape index (κ2) is 7.36. The van der Waals surface area contributed by atoms with Crippen LogP contribution in [0.3, 0.4) is 0 Å². The minimum absolute atomic E-state index is 0.0545. The van der Waals surface area contributed by atoms with Gasteiger partial charge in [-0.1, -0.05) is 49.0 Å². The first kappa shape index (κ1) is 14.9. The maximum absolute atomic E-state index is 11.9. The molecule has 20 heavy (non-hydrogen) atoms. The number of benzene rings is 2. The molecule has 104 valence electrons. The van der Waals surface area contributed by atoms with Crippen LogP contribution in [-0.4, -0.2) is 11.8 Å². The van der Waals surface area contributed by atoms with Crippen LogP contribution in [0, 0.1) is 5.92 Å². The van der Waals surface area contributed by atoms with Crippen molar-refractivity contribution in [1.29, 1.82) is 0 Å². The number of rotatable bonds is 5. The number of carbonyl (C=O) groups excluding carboxylic acids is 1. The summed E-state index contributed by atoms with van der Waals surface area (Å²) in [7, 11) is 0. The highest BCUT2D eigenvalue weighted by Gasteiger charge is 2.13. The average molecular weight is 306 g/mol. The molecule has 0 radical (unpaired) electrons. The molecule has 0 aliphatic heterocycles. The van der Waals surface area contributed by atoms with Crippen LogP contribution in [0.25, 0.3) is 0 Å². The Hall–Kier alpha value is -1.45. The molecular weight excluding hydrogens is 290 g/mol. The minimum atomic E-state index is -0.202. The van der Waals surface area contributed by atoms with E-state index in [0.717, 1.165) is 15.5 Å². The van der Waals surface area contributed by atoms with Gasteiger partial charge in [0.25, 0.3) is 0 Å². The van der Waals surface area contributed by atoms with Crippen molar-refractivity contribution in [2.45, 2.75) is 16.7 Å². The van der Waals surface area contributed by atoms with E-state index in [9.17, 15) is 4.79 Å². The SMILES string of the molecule is CC(CCl)C(=O)Nc1ccccc1Sc1ccccc1. The van der Waals surface area contributed by atoms with Crippen LogP contribution in [0.1, 0.15) is 6.92 Å². The molecule has 1 atom stereocenters. The smallest absolute Gasteiger partial charge is 0.228 e. The number of halogens is 1. The molecule has 2 nitrogen and oxygen atoms in total. The Morgan fingerprint density at radius 2 is 1.80 bits per heavy atom. The van der Waals surface area contributed by atoms with Crippen molar-refractivity contribution < 1.29 is 4.79 Å². The number of nitrogens with one attached hydrogen (secondary N) is 1.